The van der Waals surface area contributed by atoms with Crippen LogP contribution in [0.1, 0.15) is 26.2 Å². The summed E-state index contributed by atoms with van der Waals surface area (Å²) in [4.78, 5) is 11.7. The topological polar surface area (TPSA) is 56.8 Å². The predicted molar refractivity (Wildman–Crippen MR) is 61.9 cm³/mol. The van der Waals surface area contributed by atoms with Gasteiger partial charge in [0.15, 0.2) is 5.79 Å². The number of halogens is 3. The van der Waals surface area contributed by atoms with Gasteiger partial charge in [-0.2, -0.15) is 13.2 Å². The fraction of sp³-hybridized carbons (Fsp3) is 0.917. The number of hydrogen-bond donors (Lipinski definition) is 1. The van der Waals surface area contributed by atoms with E-state index in [-0.39, 0.29) is 19.4 Å². The predicted octanol–water partition coefficient (Wildman–Crippen LogP) is 1.37. The summed E-state index contributed by atoms with van der Waals surface area (Å²) < 4.78 is 54.6. The first-order valence-corrected chi connectivity index (χ1v) is 6.63. The van der Waals surface area contributed by atoms with Crippen molar-refractivity contribution in [2.75, 3.05) is 19.8 Å². The van der Waals surface area contributed by atoms with Gasteiger partial charge in [-0.1, -0.05) is 0 Å². The van der Waals surface area contributed by atoms with Crippen molar-refractivity contribution in [1.82, 2.24) is 5.32 Å². The van der Waals surface area contributed by atoms with Crippen LogP contribution < -0.4 is 5.32 Å². The van der Waals surface area contributed by atoms with Gasteiger partial charge >= 0.3 is 12.1 Å². The average Bonchev–Trinajstić information content (AvgIpc) is 2.38. The van der Waals surface area contributed by atoms with Gasteiger partial charge in [-0.25, -0.2) is 0 Å². The Balaban J connectivity index is 2.16. The molecule has 0 aromatic heterocycles. The van der Waals surface area contributed by atoms with E-state index >= 15 is 0 Å². The maximum absolute atomic E-state index is 13.0. The first-order valence-electron chi connectivity index (χ1n) is 6.63. The van der Waals surface area contributed by atoms with E-state index < -0.39 is 30.0 Å². The molecule has 0 saturated carbocycles. The van der Waals surface area contributed by atoms with E-state index in [2.05, 4.69) is 5.32 Å². The van der Waals surface area contributed by atoms with Gasteiger partial charge in [-0.05, 0) is 13.3 Å². The molecular formula is C12H18F3NO4. The minimum absolute atomic E-state index is 0.0262. The number of carbonyl (C=O) groups is 1. The number of alkyl halides is 3. The van der Waals surface area contributed by atoms with Gasteiger partial charge in [-0.15, -0.1) is 0 Å². The summed E-state index contributed by atoms with van der Waals surface area (Å²) in [6, 6.07) is -2.92. The van der Waals surface area contributed by atoms with E-state index in [9.17, 15) is 18.0 Å². The van der Waals surface area contributed by atoms with Gasteiger partial charge in [0.05, 0.1) is 19.8 Å². The zero-order valence-corrected chi connectivity index (χ0v) is 11.2. The second-order valence-corrected chi connectivity index (χ2v) is 4.93. The van der Waals surface area contributed by atoms with Crippen molar-refractivity contribution < 1.29 is 32.2 Å². The monoisotopic (exact) mass is 297 g/mol. The Morgan fingerprint density at radius 3 is 2.55 bits per heavy atom. The van der Waals surface area contributed by atoms with Gasteiger partial charge in [0.25, 0.3) is 0 Å². The highest BCUT2D eigenvalue weighted by molar-refractivity contribution is 5.76. The van der Waals surface area contributed by atoms with Crippen molar-refractivity contribution >= 4 is 5.97 Å². The van der Waals surface area contributed by atoms with Gasteiger partial charge < -0.3 is 14.2 Å². The summed E-state index contributed by atoms with van der Waals surface area (Å²) in [6.45, 7) is 2.38. The normalized spacial score (nSPS) is 30.2. The SMILES string of the molecule is CCOC(=O)[C@H]1CC2(C[C@H](C(F)(F)F)N1)OCCCO2. The molecule has 0 aromatic rings. The Hall–Kier alpha value is -0.860. The van der Waals surface area contributed by atoms with E-state index in [1.165, 1.54) is 0 Å². The molecule has 0 aromatic carbocycles. The van der Waals surface area contributed by atoms with Crippen molar-refractivity contribution in [2.45, 2.75) is 50.2 Å². The molecule has 5 nitrogen and oxygen atoms in total. The van der Waals surface area contributed by atoms with Crippen LogP contribution in [-0.4, -0.2) is 49.8 Å². The van der Waals surface area contributed by atoms with Crippen LogP contribution in [0.25, 0.3) is 0 Å². The first kappa shape index (κ1) is 15.5. The molecule has 2 rings (SSSR count). The van der Waals surface area contributed by atoms with E-state index in [0.717, 1.165) is 0 Å². The molecule has 2 atom stereocenters. The molecular weight excluding hydrogens is 279 g/mol. The van der Waals surface area contributed by atoms with Gasteiger partial charge in [-0.3, -0.25) is 10.1 Å². The van der Waals surface area contributed by atoms with Crippen molar-refractivity contribution in [3.05, 3.63) is 0 Å². The lowest BCUT2D eigenvalue weighted by Gasteiger charge is -2.45. The van der Waals surface area contributed by atoms with Crippen molar-refractivity contribution in [1.29, 1.82) is 0 Å². The van der Waals surface area contributed by atoms with Crippen LogP contribution in [0.2, 0.25) is 0 Å². The smallest absolute Gasteiger partial charge is 0.404 e. The maximum atomic E-state index is 13.0. The molecule has 8 heteroatoms. The summed E-state index contributed by atoms with van der Waals surface area (Å²) in [7, 11) is 0. The lowest BCUT2D eigenvalue weighted by atomic mass is 9.91. The number of ether oxygens (including phenoxy) is 3. The Labute approximate surface area is 114 Å². The van der Waals surface area contributed by atoms with Crippen molar-refractivity contribution in [3.8, 4) is 0 Å². The third-order valence-corrected chi connectivity index (χ3v) is 3.42. The minimum atomic E-state index is -4.47. The van der Waals surface area contributed by atoms with E-state index in [0.29, 0.717) is 19.6 Å². The van der Waals surface area contributed by atoms with Crippen LogP contribution in [0.15, 0.2) is 0 Å². The molecule has 1 N–H and O–H groups in total. The third-order valence-electron chi connectivity index (χ3n) is 3.42. The fourth-order valence-electron chi connectivity index (χ4n) is 2.52. The number of rotatable bonds is 2. The first-order chi connectivity index (χ1) is 9.36. The molecule has 1 spiro atoms. The zero-order valence-electron chi connectivity index (χ0n) is 11.2. The summed E-state index contributed by atoms with van der Waals surface area (Å²) in [6.07, 6.45) is -4.16. The fourth-order valence-corrected chi connectivity index (χ4v) is 2.52. The molecule has 0 unspecified atom stereocenters. The number of piperidine rings is 1. The van der Waals surface area contributed by atoms with Gasteiger partial charge in [0.2, 0.25) is 0 Å². The largest absolute Gasteiger partial charge is 0.465 e. The van der Waals surface area contributed by atoms with Crippen LogP contribution in [0, 0.1) is 0 Å². The molecule has 2 aliphatic heterocycles. The lowest BCUT2D eigenvalue weighted by molar-refractivity contribution is -0.301. The number of hydrogen-bond acceptors (Lipinski definition) is 5. The summed E-state index contributed by atoms with van der Waals surface area (Å²) in [5.41, 5.74) is 0. The third kappa shape index (κ3) is 3.42. The summed E-state index contributed by atoms with van der Waals surface area (Å²) in [5, 5.41) is 2.29. The minimum Gasteiger partial charge on any atom is -0.465 e. The van der Waals surface area contributed by atoms with Crippen LogP contribution in [0.4, 0.5) is 13.2 Å². The van der Waals surface area contributed by atoms with Crippen LogP contribution in [0.3, 0.4) is 0 Å². The standard InChI is InChI=1S/C12H18F3NO4/c1-2-18-10(17)8-6-11(19-4-3-5-20-11)7-9(16-8)12(13,14)15/h8-9,16H,2-7H2,1H3/t8-,9-/m1/s1. The van der Waals surface area contributed by atoms with Crippen LogP contribution in [-0.2, 0) is 19.0 Å². The molecule has 2 saturated heterocycles. The number of carbonyl (C=O) groups excluding carboxylic acids is 1. The summed E-state index contributed by atoms with van der Waals surface area (Å²) in [5.74, 6) is -2.06. The van der Waals surface area contributed by atoms with E-state index in [1.807, 2.05) is 0 Å². The molecule has 2 heterocycles. The van der Waals surface area contributed by atoms with Crippen LogP contribution in [0.5, 0.6) is 0 Å². The number of nitrogens with one attached hydrogen (secondary N) is 1. The molecule has 2 aliphatic rings. The summed E-state index contributed by atoms with van der Waals surface area (Å²) >= 11 is 0. The molecule has 2 fully saturated rings. The van der Waals surface area contributed by atoms with Crippen LogP contribution >= 0.6 is 0 Å². The molecule has 20 heavy (non-hydrogen) atoms. The van der Waals surface area contributed by atoms with E-state index in [4.69, 9.17) is 14.2 Å². The Morgan fingerprint density at radius 1 is 1.35 bits per heavy atom. The quantitative estimate of drug-likeness (QED) is 0.780. The molecule has 0 amide bonds. The van der Waals surface area contributed by atoms with E-state index in [1.54, 1.807) is 6.92 Å². The second kappa shape index (κ2) is 5.87. The molecule has 0 radical (unpaired) electrons. The van der Waals surface area contributed by atoms with Gasteiger partial charge in [0.1, 0.15) is 12.1 Å². The van der Waals surface area contributed by atoms with Crippen molar-refractivity contribution in [2.24, 2.45) is 0 Å². The average molecular weight is 297 g/mol. The lowest BCUT2D eigenvalue weighted by Crippen LogP contribution is -2.63. The highest BCUT2D eigenvalue weighted by Gasteiger charge is 2.54. The highest BCUT2D eigenvalue weighted by Crippen LogP contribution is 2.38. The second-order valence-electron chi connectivity index (χ2n) is 4.93. The Morgan fingerprint density at radius 2 is 2.00 bits per heavy atom. The zero-order chi connectivity index (χ0) is 14.8. The van der Waals surface area contributed by atoms with Crippen molar-refractivity contribution in [3.63, 3.8) is 0 Å². The number of esters is 1. The molecule has 0 bridgehead atoms. The van der Waals surface area contributed by atoms with Gasteiger partial charge in [0, 0.05) is 12.8 Å². The Kier molecular flexibility index (Phi) is 4.55. The molecule has 116 valence electrons. The Bertz CT molecular complexity index is 355. The highest BCUT2D eigenvalue weighted by atomic mass is 19.4. The molecule has 0 aliphatic carbocycles. The maximum Gasteiger partial charge on any atom is 0.404 e.